The van der Waals surface area contributed by atoms with Crippen molar-refractivity contribution in [3.63, 3.8) is 0 Å². The fourth-order valence-corrected chi connectivity index (χ4v) is 8.40. The summed E-state index contributed by atoms with van der Waals surface area (Å²) in [4.78, 5) is 15.2. The van der Waals surface area contributed by atoms with Crippen LogP contribution in [0.4, 0.5) is 0 Å². The summed E-state index contributed by atoms with van der Waals surface area (Å²) in [7, 11) is 0. The second-order valence-electron chi connectivity index (χ2n) is 14.3. The Morgan fingerprint density at radius 3 is 1.53 bits per heavy atom. The first-order chi connectivity index (χ1) is 28.2. The molecule has 0 radical (unpaired) electrons. The summed E-state index contributed by atoms with van der Waals surface area (Å²) >= 11 is 0. The molecular weight excluding hydrogens is 703 g/mol. The lowest BCUT2D eigenvalue weighted by atomic mass is 9.91. The molecule has 0 atom stereocenters. The van der Waals surface area contributed by atoms with E-state index in [4.69, 9.17) is 28.2 Å². The van der Waals surface area contributed by atoms with E-state index in [1.807, 2.05) is 84.9 Å². The van der Waals surface area contributed by atoms with Crippen molar-refractivity contribution in [2.75, 3.05) is 0 Å². The van der Waals surface area contributed by atoms with Gasteiger partial charge in [-0.1, -0.05) is 140 Å². The molecule has 0 amide bonds. The van der Waals surface area contributed by atoms with Crippen LogP contribution >= 0.6 is 0 Å². The fourth-order valence-electron chi connectivity index (χ4n) is 8.40. The summed E-state index contributed by atoms with van der Waals surface area (Å²) in [5.41, 5.74) is 11.8. The van der Waals surface area contributed by atoms with Gasteiger partial charge in [0.2, 0.25) is 0 Å². The van der Waals surface area contributed by atoms with E-state index >= 15 is 0 Å². The largest absolute Gasteiger partial charge is 0.456 e. The number of aromatic nitrogens is 3. The van der Waals surface area contributed by atoms with Gasteiger partial charge in [0.1, 0.15) is 33.5 Å². The van der Waals surface area contributed by atoms with Crippen LogP contribution in [0.15, 0.2) is 189 Å². The molecule has 0 saturated carbocycles. The summed E-state index contributed by atoms with van der Waals surface area (Å²) in [5, 5.41) is 6.24. The Balaban J connectivity index is 1.03. The molecule has 0 unspecified atom stereocenters. The predicted octanol–water partition coefficient (Wildman–Crippen LogP) is 13.9. The van der Waals surface area contributed by atoms with Crippen LogP contribution in [0.3, 0.4) is 0 Å². The first-order valence-electron chi connectivity index (χ1n) is 18.9. The highest BCUT2D eigenvalue weighted by atomic mass is 16.3. The molecule has 8 aromatic carbocycles. The van der Waals surface area contributed by atoms with Gasteiger partial charge in [-0.2, -0.15) is 0 Å². The van der Waals surface area contributed by atoms with E-state index in [-0.39, 0.29) is 0 Å². The van der Waals surface area contributed by atoms with E-state index in [0.29, 0.717) is 17.5 Å². The minimum atomic E-state index is 0.553. The molecule has 266 valence electrons. The van der Waals surface area contributed by atoms with Crippen molar-refractivity contribution in [1.29, 1.82) is 0 Å². The number of furan rings is 3. The molecule has 0 N–H and O–H groups in total. The second kappa shape index (κ2) is 12.3. The molecule has 0 aliphatic carbocycles. The molecule has 0 fully saturated rings. The number of hydrogen-bond acceptors (Lipinski definition) is 6. The molecule has 57 heavy (non-hydrogen) atoms. The maximum atomic E-state index is 6.86. The Morgan fingerprint density at radius 2 is 0.789 bits per heavy atom. The topological polar surface area (TPSA) is 78.1 Å². The van der Waals surface area contributed by atoms with E-state index in [2.05, 4.69) is 91.0 Å². The van der Waals surface area contributed by atoms with Crippen LogP contribution in [0, 0.1) is 0 Å². The maximum absolute atomic E-state index is 6.86. The van der Waals surface area contributed by atoms with Crippen LogP contribution < -0.4 is 0 Å². The standard InChI is InChI=1S/C51H29N3O3/c1-2-13-30(14-3-1)49-52-50(54-51(53-49)40-22-12-26-44-47(40)39-18-7-9-24-42(39)56-44)31-27-28-34-37-21-10-20-36(48(37)57-45(34)29-31)33-16-5-4-15-32(33)35-19-11-25-43-46(35)38-17-6-8-23-41(38)55-43/h1-29H. The van der Waals surface area contributed by atoms with E-state index in [0.717, 1.165) is 105 Å². The van der Waals surface area contributed by atoms with Gasteiger partial charge in [0.25, 0.3) is 0 Å². The Bertz CT molecular complexity index is 3540. The van der Waals surface area contributed by atoms with E-state index in [1.165, 1.54) is 0 Å². The molecule has 6 heteroatoms. The van der Waals surface area contributed by atoms with Crippen molar-refractivity contribution in [3.8, 4) is 56.4 Å². The number of rotatable bonds is 5. The molecule has 0 bridgehead atoms. The minimum absolute atomic E-state index is 0.553. The lowest BCUT2D eigenvalue weighted by molar-refractivity contribution is 0.668. The second-order valence-corrected chi connectivity index (χ2v) is 14.3. The molecule has 4 heterocycles. The summed E-state index contributed by atoms with van der Waals surface area (Å²) in [5.74, 6) is 1.71. The molecule has 0 saturated heterocycles. The van der Waals surface area contributed by atoms with Gasteiger partial charge in [0.05, 0.1) is 0 Å². The Morgan fingerprint density at radius 1 is 0.281 bits per heavy atom. The molecule has 12 aromatic rings. The highest BCUT2D eigenvalue weighted by molar-refractivity contribution is 6.16. The van der Waals surface area contributed by atoms with Crippen molar-refractivity contribution >= 4 is 65.8 Å². The summed E-state index contributed by atoms with van der Waals surface area (Å²) in [6.45, 7) is 0. The maximum Gasteiger partial charge on any atom is 0.164 e. The van der Waals surface area contributed by atoms with Crippen molar-refractivity contribution in [2.24, 2.45) is 0 Å². The third-order valence-corrected chi connectivity index (χ3v) is 11.0. The van der Waals surface area contributed by atoms with Crippen molar-refractivity contribution in [2.45, 2.75) is 0 Å². The Hall–Kier alpha value is -7.83. The zero-order valence-corrected chi connectivity index (χ0v) is 30.3. The smallest absolute Gasteiger partial charge is 0.164 e. The van der Waals surface area contributed by atoms with Crippen LogP contribution in [0.25, 0.3) is 122 Å². The van der Waals surface area contributed by atoms with Gasteiger partial charge in [-0.05, 0) is 53.1 Å². The molecule has 0 aliphatic rings. The van der Waals surface area contributed by atoms with Gasteiger partial charge in [0.15, 0.2) is 17.5 Å². The van der Waals surface area contributed by atoms with Crippen LogP contribution in [0.5, 0.6) is 0 Å². The zero-order valence-electron chi connectivity index (χ0n) is 30.3. The van der Waals surface area contributed by atoms with Gasteiger partial charge < -0.3 is 13.3 Å². The first kappa shape index (κ1) is 31.5. The average molecular weight is 732 g/mol. The van der Waals surface area contributed by atoms with E-state index in [9.17, 15) is 0 Å². The number of nitrogens with zero attached hydrogens (tertiary/aromatic N) is 3. The highest BCUT2D eigenvalue weighted by Gasteiger charge is 2.21. The van der Waals surface area contributed by atoms with Gasteiger partial charge in [0, 0.05) is 54.6 Å². The summed E-state index contributed by atoms with van der Waals surface area (Å²) in [6.07, 6.45) is 0. The first-order valence-corrected chi connectivity index (χ1v) is 18.9. The van der Waals surface area contributed by atoms with E-state index in [1.54, 1.807) is 0 Å². The van der Waals surface area contributed by atoms with Crippen molar-refractivity contribution in [1.82, 2.24) is 15.0 Å². The minimum Gasteiger partial charge on any atom is -0.456 e. The van der Waals surface area contributed by atoms with Gasteiger partial charge in [-0.3, -0.25) is 0 Å². The molecule has 0 aliphatic heterocycles. The van der Waals surface area contributed by atoms with Gasteiger partial charge in [-0.25, -0.2) is 15.0 Å². The molecule has 4 aromatic heterocycles. The molecule has 12 rings (SSSR count). The van der Waals surface area contributed by atoms with Gasteiger partial charge >= 0.3 is 0 Å². The van der Waals surface area contributed by atoms with Crippen LogP contribution in [-0.2, 0) is 0 Å². The van der Waals surface area contributed by atoms with E-state index < -0.39 is 0 Å². The number of benzene rings is 8. The third-order valence-electron chi connectivity index (χ3n) is 11.0. The summed E-state index contributed by atoms with van der Waals surface area (Å²) < 4.78 is 19.4. The quantitative estimate of drug-likeness (QED) is 0.175. The average Bonchev–Trinajstić information content (AvgIpc) is 3.97. The normalized spacial score (nSPS) is 11.9. The predicted molar refractivity (Wildman–Crippen MR) is 229 cm³/mol. The Labute approximate surface area is 325 Å². The van der Waals surface area contributed by atoms with Crippen molar-refractivity contribution in [3.05, 3.63) is 176 Å². The lowest BCUT2D eigenvalue weighted by Gasteiger charge is -2.12. The van der Waals surface area contributed by atoms with Gasteiger partial charge in [-0.15, -0.1) is 0 Å². The SMILES string of the molecule is c1ccc(-c2nc(-c3ccc4c(c3)oc3c(-c5ccccc5-c5cccc6oc7ccccc7c56)cccc34)nc(-c3cccc4oc5ccccc5c34)n2)cc1. The highest BCUT2D eigenvalue weighted by Crippen LogP contribution is 2.44. The third kappa shape index (κ3) is 4.94. The Kier molecular flexibility index (Phi) is 6.83. The fraction of sp³-hybridized carbons (Fsp3) is 0. The molecular formula is C51H29N3O3. The molecule has 6 nitrogen and oxygen atoms in total. The molecule has 0 spiro atoms. The van der Waals surface area contributed by atoms with Crippen LogP contribution in [0.1, 0.15) is 0 Å². The number of para-hydroxylation sites is 3. The van der Waals surface area contributed by atoms with Crippen molar-refractivity contribution < 1.29 is 13.3 Å². The monoisotopic (exact) mass is 731 g/mol. The lowest BCUT2D eigenvalue weighted by Crippen LogP contribution is -2.00. The zero-order chi connectivity index (χ0) is 37.5. The number of fused-ring (bicyclic) bond motifs is 9. The van der Waals surface area contributed by atoms with Crippen LogP contribution in [-0.4, -0.2) is 15.0 Å². The number of hydrogen-bond donors (Lipinski definition) is 0. The summed E-state index contributed by atoms with van der Waals surface area (Å²) in [6, 6.07) is 59.8. The van der Waals surface area contributed by atoms with Crippen LogP contribution in [0.2, 0.25) is 0 Å².